The summed E-state index contributed by atoms with van der Waals surface area (Å²) in [5.41, 5.74) is 2.00. The highest BCUT2D eigenvalue weighted by molar-refractivity contribution is 6.02. The summed E-state index contributed by atoms with van der Waals surface area (Å²) in [7, 11) is 0. The number of nitrogens with one attached hydrogen (secondary N) is 2. The van der Waals surface area contributed by atoms with Gasteiger partial charge in [-0.25, -0.2) is 0 Å². The van der Waals surface area contributed by atoms with Gasteiger partial charge in [0.05, 0.1) is 6.26 Å². The van der Waals surface area contributed by atoms with E-state index in [0.29, 0.717) is 23.5 Å². The number of hydrogen-bond acceptors (Lipinski definition) is 5. The third kappa shape index (κ3) is 6.00. The number of benzene rings is 2. The smallest absolute Gasteiger partial charge is 0.291 e. The summed E-state index contributed by atoms with van der Waals surface area (Å²) in [6.45, 7) is 1.71. The Labute approximate surface area is 191 Å². The van der Waals surface area contributed by atoms with Crippen molar-refractivity contribution < 1.29 is 23.5 Å². The van der Waals surface area contributed by atoms with Gasteiger partial charge in [0.1, 0.15) is 5.75 Å². The molecular weight excluding hydrogens is 422 g/mol. The van der Waals surface area contributed by atoms with Crippen LogP contribution in [0.3, 0.4) is 0 Å². The van der Waals surface area contributed by atoms with E-state index in [4.69, 9.17) is 9.15 Å². The van der Waals surface area contributed by atoms with Gasteiger partial charge in [-0.1, -0.05) is 18.2 Å². The van der Waals surface area contributed by atoms with Crippen molar-refractivity contribution in [3.05, 3.63) is 83.8 Å². The summed E-state index contributed by atoms with van der Waals surface area (Å²) in [6.07, 6.45) is 3.51. The third-order valence-corrected chi connectivity index (χ3v) is 5.26. The summed E-state index contributed by atoms with van der Waals surface area (Å²) >= 11 is 0. The Morgan fingerprint density at radius 2 is 1.79 bits per heavy atom. The average Bonchev–Trinajstić information content (AvgIpc) is 3.56. The maximum absolute atomic E-state index is 12.5. The lowest BCUT2D eigenvalue weighted by molar-refractivity contribution is -0.123. The lowest BCUT2D eigenvalue weighted by Gasteiger charge is -2.15. The molecule has 0 unspecified atom stereocenters. The molecule has 3 aromatic rings. The lowest BCUT2D eigenvalue weighted by atomic mass is 10.1. The standard InChI is InChI=1S/C25H25N3O5/c29-23(26-16-18-6-3-7-19(14-18)25(31)28-11-1-2-12-28)17-33-21-9-4-8-20(15-21)27-24(30)22-10-5-13-32-22/h3-10,13-15H,1-2,11-12,16-17H2,(H,26,29)(H,27,30). The summed E-state index contributed by atoms with van der Waals surface area (Å²) < 4.78 is 10.6. The molecule has 0 aliphatic carbocycles. The largest absolute Gasteiger partial charge is 0.484 e. The highest BCUT2D eigenvalue weighted by Gasteiger charge is 2.19. The van der Waals surface area contributed by atoms with Crippen LogP contribution in [-0.4, -0.2) is 42.3 Å². The number of carbonyl (C=O) groups excluding carboxylic acids is 3. The first-order valence-electron chi connectivity index (χ1n) is 10.8. The van der Waals surface area contributed by atoms with Crippen LogP contribution in [-0.2, 0) is 11.3 Å². The van der Waals surface area contributed by atoms with Crippen LogP contribution in [0.1, 0.15) is 39.3 Å². The van der Waals surface area contributed by atoms with Gasteiger partial charge in [-0.3, -0.25) is 14.4 Å². The molecule has 0 saturated carbocycles. The predicted octanol–water partition coefficient (Wildman–Crippen LogP) is 3.46. The van der Waals surface area contributed by atoms with Crippen molar-refractivity contribution in [2.24, 2.45) is 0 Å². The van der Waals surface area contributed by atoms with Crippen LogP contribution in [0, 0.1) is 0 Å². The van der Waals surface area contributed by atoms with Gasteiger partial charge >= 0.3 is 0 Å². The van der Waals surface area contributed by atoms with Crippen molar-refractivity contribution in [1.82, 2.24) is 10.2 Å². The molecule has 1 aliphatic rings. The molecule has 4 rings (SSSR count). The summed E-state index contributed by atoms with van der Waals surface area (Å²) in [5, 5.41) is 5.51. The highest BCUT2D eigenvalue weighted by atomic mass is 16.5. The van der Waals surface area contributed by atoms with Crippen molar-refractivity contribution in [1.29, 1.82) is 0 Å². The fourth-order valence-corrected chi connectivity index (χ4v) is 3.58. The van der Waals surface area contributed by atoms with Gasteiger partial charge in [-0.05, 0) is 54.8 Å². The van der Waals surface area contributed by atoms with E-state index in [2.05, 4.69) is 10.6 Å². The molecule has 0 spiro atoms. The number of carbonyl (C=O) groups is 3. The Hall–Kier alpha value is -4.07. The van der Waals surface area contributed by atoms with E-state index in [1.165, 1.54) is 6.26 Å². The zero-order valence-corrected chi connectivity index (χ0v) is 18.1. The molecule has 2 aromatic carbocycles. The summed E-state index contributed by atoms with van der Waals surface area (Å²) in [5.74, 6) is 0.00663. The highest BCUT2D eigenvalue weighted by Crippen LogP contribution is 2.18. The molecule has 2 heterocycles. The topological polar surface area (TPSA) is 101 Å². The van der Waals surface area contributed by atoms with Gasteiger partial charge in [0.15, 0.2) is 12.4 Å². The number of furan rings is 1. The average molecular weight is 447 g/mol. The molecule has 8 nitrogen and oxygen atoms in total. The van der Waals surface area contributed by atoms with E-state index in [1.807, 2.05) is 23.1 Å². The van der Waals surface area contributed by atoms with E-state index in [9.17, 15) is 14.4 Å². The zero-order chi connectivity index (χ0) is 23.0. The molecule has 0 radical (unpaired) electrons. The Morgan fingerprint density at radius 1 is 0.970 bits per heavy atom. The zero-order valence-electron chi connectivity index (χ0n) is 18.1. The maximum atomic E-state index is 12.5. The van der Waals surface area contributed by atoms with Crippen LogP contribution in [0.4, 0.5) is 5.69 Å². The van der Waals surface area contributed by atoms with Crippen LogP contribution in [0.2, 0.25) is 0 Å². The second kappa shape index (κ2) is 10.5. The number of nitrogens with zero attached hydrogens (tertiary/aromatic N) is 1. The normalized spacial score (nSPS) is 12.9. The molecule has 8 heteroatoms. The molecule has 1 aromatic heterocycles. The Balaban J connectivity index is 1.26. The molecule has 33 heavy (non-hydrogen) atoms. The van der Waals surface area contributed by atoms with Crippen LogP contribution < -0.4 is 15.4 Å². The van der Waals surface area contributed by atoms with Gasteiger partial charge in [0, 0.05) is 37.0 Å². The molecule has 170 valence electrons. The lowest BCUT2D eigenvalue weighted by Crippen LogP contribution is -2.29. The first-order chi connectivity index (χ1) is 16.1. The van der Waals surface area contributed by atoms with Gasteiger partial charge in [0.25, 0.3) is 17.7 Å². The monoisotopic (exact) mass is 447 g/mol. The second-order valence-electron chi connectivity index (χ2n) is 7.72. The molecule has 1 fully saturated rings. The number of likely N-dealkylation sites (tertiary alicyclic amines) is 1. The van der Waals surface area contributed by atoms with E-state index < -0.39 is 0 Å². The minimum Gasteiger partial charge on any atom is -0.484 e. The minimum atomic E-state index is -0.375. The number of rotatable bonds is 8. The fraction of sp³-hybridized carbons (Fsp3) is 0.240. The first-order valence-corrected chi connectivity index (χ1v) is 10.8. The SMILES string of the molecule is O=C(COc1cccc(NC(=O)c2ccco2)c1)NCc1cccc(C(=O)N2CCCC2)c1. The summed E-state index contributed by atoms with van der Waals surface area (Å²) in [4.78, 5) is 38.7. The van der Waals surface area contributed by atoms with Crippen molar-refractivity contribution in [3.8, 4) is 5.75 Å². The minimum absolute atomic E-state index is 0.0306. The molecule has 1 aliphatic heterocycles. The van der Waals surface area contributed by atoms with Gasteiger partial charge < -0.3 is 24.7 Å². The third-order valence-electron chi connectivity index (χ3n) is 5.26. The van der Waals surface area contributed by atoms with Crippen molar-refractivity contribution in [3.63, 3.8) is 0 Å². The Morgan fingerprint density at radius 3 is 2.58 bits per heavy atom. The predicted molar refractivity (Wildman–Crippen MR) is 122 cm³/mol. The number of ether oxygens (including phenoxy) is 1. The van der Waals surface area contributed by atoms with Crippen molar-refractivity contribution >= 4 is 23.4 Å². The Bertz CT molecular complexity index is 1120. The van der Waals surface area contributed by atoms with Crippen molar-refractivity contribution in [2.75, 3.05) is 25.0 Å². The van der Waals surface area contributed by atoms with Crippen molar-refractivity contribution in [2.45, 2.75) is 19.4 Å². The molecule has 0 bridgehead atoms. The Kier molecular flexibility index (Phi) is 7.04. The van der Waals surface area contributed by atoms with Gasteiger partial charge in [-0.15, -0.1) is 0 Å². The number of anilines is 1. The maximum Gasteiger partial charge on any atom is 0.291 e. The molecule has 0 atom stereocenters. The number of amides is 3. The number of hydrogen-bond donors (Lipinski definition) is 2. The van der Waals surface area contributed by atoms with Crippen LogP contribution in [0.5, 0.6) is 5.75 Å². The fourth-order valence-electron chi connectivity index (χ4n) is 3.58. The molecule has 3 amide bonds. The van der Waals surface area contributed by atoms with Crippen LogP contribution in [0.25, 0.3) is 0 Å². The van der Waals surface area contributed by atoms with Gasteiger partial charge in [-0.2, -0.15) is 0 Å². The van der Waals surface area contributed by atoms with E-state index in [-0.39, 0.29) is 30.1 Å². The van der Waals surface area contributed by atoms with E-state index >= 15 is 0 Å². The van der Waals surface area contributed by atoms with Crippen LogP contribution >= 0.6 is 0 Å². The summed E-state index contributed by atoms with van der Waals surface area (Å²) in [6, 6.07) is 17.3. The molecule has 1 saturated heterocycles. The molecular formula is C25H25N3O5. The van der Waals surface area contributed by atoms with Crippen LogP contribution in [0.15, 0.2) is 71.3 Å². The first kappa shape index (κ1) is 22.1. The van der Waals surface area contributed by atoms with Gasteiger partial charge in [0.2, 0.25) is 0 Å². The van der Waals surface area contributed by atoms with E-state index in [0.717, 1.165) is 31.5 Å². The quantitative estimate of drug-likeness (QED) is 0.551. The molecule has 2 N–H and O–H groups in total. The second-order valence-corrected chi connectivity index (χ2v) is 7.72. The van der Waals surface area contributed by atoms with E-state index in [1.54, 1.807) is 42.5 Å².